The highest BCUT2D eigenvalue weighted by molar-refractivity contribution is 9.14. The molecule has 1 aliphatic carbocycles. The average molecular weight is 496 g/mol. The van der Waals surface area contributed by atoms with E-state index in [1.807, 2.05) is 24.3 Å². The standard InChI is InChI=1S/C13H4Br4O/c14-5-1-2-6-7-4-9(15)11(16)12(17)10(7)13(18)8(6)3-5/h1-4H. The van der Waals surface area contributed by atoms with Crippen molar-refractivity contribution in [2.24, 2.45) is 0 Å². The van der Waals surface area contributed by atoms with Crippen molar-refractivity contribution in [2.45, 2.75) is 0 Å². The first-order valence-electron chi connectivity index (χ1n) is 5.03. The van der Waals surface area contributed by atoms with Crippen molar-refractivity contribution >= 4 is 69.5 Å². The van der Waals surface area contributed by atoms with Gasteiger partial charge >= 0.3 is 0 Å². The molecule has 2 aromatic rings. The van der Waals surface area contributed by atoms with Gasteiger partial charge in [-0.25, -0.2) is 0 Å². The van der Waals surface area contributed by atoms with E-state index in [1.54, 1.807) is 0 Å². The van der Waals surface area contributed by atoms with Crippen LogP contribution in [-0.4, -0.2) is 5.78 Å². The van der Waals surface area contributed by atoms with E-state index < -0.39 is 0 Å². The third-order valence-electron chi connectivity index (χ3n) is 2.91. The Kier molecular flexibility index (Phi) is 3.29. The molecule has 18 heavy (non-hydrogen) atoms. The van der Waals surface area contributed by atoms with Gasteiger partial charge in [0.25, 0.3) is 0 Å². The van der Waals surface area contributed by atoms with Crippen LogP contribution in [0.4, 0.5) is 0 Å². The van der Waals surface area contributed by atoms with Gasteiger partial charge in [0.05, 0.1) is 0 Å². The Morgan fingerprint density at radius 3 is 2.22 bits per heavy atom. The van der Waals surface area contributed by atoms with Crippen molar-refractivity contribution in [2.75, 3.05) is 0 Å². The van der Waals surface area contributed by atoms with Gasteiger partial charge in [0.15, 0.2) is 5.78 Å². The van der Waals surface area contributed by atoms with Gasteiger partial charge in [0.2, 0.25) is 0 Å². The van der Waals surface area contributed by atoms with Gasteiger partial charge in [-0.3, -0.25) is 4.79 Å². The van der Waals surface area contributed by atoms with Crippen LogP contribution in [0.1, 0.15) is 15.9 Å². The second-order valence-electron chi connectivity index (χ2n) is 3.93. The zero-order valence-electron chi connectivity index (χ0n) is 8.73. The first kappa shape index (κ1) is 13.0. The number of benzene rings is 2. The summed E-state index contributed by atoms with van der Waals surface area (Å²) in [5.74, 6) is 0.0568. The molecule has 0 aliphatic heterocycles. The van der Waals surface area contributed by atoms with Crippen molar-refractivity contribution < 1.29 is 4.79 Å². The van der Waals surface area contributed by atoms with E-state index in [0.29, 0.717) is 0 Å². The molecular formula is C13H4Br4O. The van der Waals surface area contributed by atoms with Crippen LogP contribution >= 0.6 is 63.7 Å². The summed E-state index contributed by atoms with van der Waals surface area (Å²) >= 11 is 13.8. The summed E-state index contributed by atoms with van der Waals surface area (Å²) in [7, 11) is 0. The lowest BCUT2D eigenvalue weighted by Crippen LogP contribution is -1.97. The fourth-order valence-corrected chi connectivity index (χ4v) is 4.08. The molecule has 0 saturated carbocycles. The van der Waals surface area contributed by atoms with E-state index in [1.165, 1.54) is 0 Å². The second-order valence-corrected chi connectivity index (χ2v) is 7.28. The van der Waals surface area contributed by atoms with E-state index in [-0.39, 0.29) is 5.78 Å². The molecule has 1 aliphatic rings. The predicted octanol–water partition coefficient (Wildman–Crippen LogP) is 5.95. The molecule has 0 fully saturated rings. The van der Waals surface area contributed by atoms with Gasteiger partial charge in [-0.2, -0.15) is 0 Å². The number of fused-ring (bicyclic) bond motifs is 3. The zero-order valence-corrected chi connectivity index (χ0v) is 15.1. The van der Waals surface area contributed by atoms with Crippen LogP contribution in [0, 0.1) is 0 Å². The fraction of sp³-hybridized carbons (Fsp3) is 0. The summed E-state index contributed by atoms with van der Waals surface area (Å²) in [4.78, 5) is 12.4. The number of rotatable bonds is 0. The van der Waals surface area contributed by atoms with Crippen LogP contribution in [0.5, 0.6) is 0 Å². The van der Waals surface area contributed by atoms with Gasteiger partial charge < -0.3 is 0 Å². The minimum atomic E-state index is 0.0568. The molecule has 0 aromatic heterocycles. The van der Waals surface area contributed by atoms with Crippen LogP contribution < -0.4 is 0 Å². The maximum absolute atomic E-state index is 12.4. The summed E-state index contributed by atoms with van der Waals surface area (Å²) in [5.41, 5.74) is 3.40. The Morgan fingerprint density at radius 2 is 1.50 bits per heavy atom. The van der Waals surface area contributed by atoms with Crippen LogP contribution in [-0.2, 0) is 0 Å². The first-order valence-corrected chi connectivity index (χ1v) is 8.20. The number of ketones is 1. The minimum absolute atomic E-state index is 0.0568. The highest BCUT2D eigenvalue weighted by atomic mass is 79.9. The van der Waals surface area contributed by atoms with Gasteiger partial charge in [-0.1, -0.05) is 22.0 Å². The quantitative estimate of drug-likeness (QED) is 0.352. The molecular weight excluding hydrogens is 492 g/mol. The van der Waals surface area contributed by atoms with Gasteiger partial charge in [-0.05, 0) is 77.1 Å². The maximum atomic E-state index is 12.4. The van der Waals surface area contributed by atoms with Gasteiger partial charge in [0, 0.05) is 29.0 Å². The molecule has 5 heteroatoms. The Hall–Kier alpha value is 0.0300. The number of hydrogen-bond donors (Lipinski definition) is 0. The molecule has 0 N–H and O–H groups in total. The molecule has 0 amide bonds. The first-order chi connectivity index (χ1) is 8.50. The van der Waals surface area contributed by atoms with Gasteiger partial charge in [-0.15, -0.1) is 0 Å². The second kappa shape index (κ2) is 4.54. The lowest BCUT2D eigenvalue weighted by atomic mass is 10.1. The SMILES string of the molecule is O=C1c2cc(Br)ccc2-c2cc(Br)c(Br)c(Br)c21. The third kappa shape index (κ3) is 1.79. The zero-order chi connectivity index (χ0) is 13.0. The normalized spacial score (nSPS) is 12.6. The van der Waals surface area contributed by atoms with Crippen molar-refractivity contribution in [3.05, 3.63) is 53.3 Å². The largest absolute Gasteiger partial charge is 0.289 e. The maximum Gasteiger partial charge on any atom is 0.195 e. The van der Waals surface area contributed by atoms with E-state index in [4.69, 9.17) is 0 Å². The Labute approximate surface area is 137 Å². The Bertz CT molecular complexity index is 707. The molecule has 0 spiro atoms. The average Bonchev–Trinajstić information content (AvgIpc) is 2.60. The van der Waals surface area contributed by atoms with E-state index in [2.05, 4.69) is 63.7 Å². The van der Waals surface area contributed by atoms with Crippen LogP contribution in [0.3, 0.4) is 0 Å². The van der Waals surface area contributed by atoms with E-state index in [0.717, 1.165) is 40.1 Å². The summed E-state index contributed by atoms with van der Waals surface area (Å²) in [6.45, 7) is 0. The molecule has 0 heterocycles. The van der Waals surface area contributed by atoms with Crippen molar-refractivity contribution in [3.63, 3.8) is 0 Å². The molecule has 2 aromatic carbocycles. The highest BCUT2D eigenvalue weighted by Crippen LogP contribution is 2.46. The summed E-state index contributed by atoms with van der Waals surface area (Å²) in [6.07, 6.45) is 0. The molecule has 0 bridgehead atoms. The summed E-state index contributed by atoms with van der Waals surface area (Å²) in [5, 5.41) is 0. The fourth-order valence-electron chi connectivity index (χ4n) is 2.10. The number of halogens is 4. The van der Waals surface area contributed by atoms with E-state index >= 15 is 0 Å². The van der Waals surface area contributed by atoms with Crippen molar-refractivity contribution in [1.82, 2.24) is 0 Å². The topological polar surface area (TPSA) is 17.1 Å². The highest BCUT2D eigenvalue weighted by Gasteiger charge is 2.30. The van der Waals surface area contributed by atoms with Crippen molar-refractivity contribution in [3.8, 4) is 11.1 Å². The van der Waals surface area contributed by atoms with Crippen LogP contribution in [0.15, 0.2) is 42.2 Å². The minimum Gasteiger partial charge on any atom is -0.289 e. The number of carbonyl (C=O) groups is 1. The third-order valence-corrected chi connectivity index (χ3v) is 6.71. The van der Waals surface area contributed by atoms with Crippen LogP contribution in [0.2, 0.25) is 0 Å². The lowest BCUT2D eigenvalue weighted by Gasteiger charge is -2.06. The molecule has 1 nitrogen and oxygen atoms in total. The molecule has 90 valence electrons. The summed E-state index contributed by atoms with van der Waals surface area (Å²) in [6, 6.07) is 7.76. The monoisotopic (exact) mass is 492 g/mol. The number of hydrogen-bond acceptors (Lipinski definition) is 1. The predicted molar refractivity (Wildman–Crippen MR) is 86.1 cm³/mol. The molecule has 0 unspecified atom stereocenters. The molecule has 3 rings (SSSR count). The number of carbonyl (C=O) groups excluding carboxylic acids is 1. The smallest absolute Gasteiger partial charge is 0.195 e. The summed E-state index contributed by atoms with van der Waals surface area (Å²) < 4.78 is 3.50. The Balaban J connectivity index is 2.41. The Morgan fingerprint density at radius 1 is 0.778 bits per heavy atom. The van der Waals surface area contributed by atoms with E-state index in [9.17, 15) is 4.79 Å². The molecule has 0 radical (unpaired) electrons. The molecule has 0 atom stereocenters. The van der Waals surface area contributed by atoms with Crippen LogP contribution in [0.25, 0.3) is 11.1 Å². The van der Waals surface area contributed by atoms with Gasteiger partial charge in [0.1, 0.15) is 0 Å². The molecule has 0 saturated heterocycles. The lowest BCUT2D eigenvalue weighted by molar-refractivity contribution is 0.104. The van der Waals surface area contributed by atoms with Crippen molar-refractivity contribution in [1.29, 1.82) is 0 Å².